The molecule has 142 valence electrons. The smallest absolute Gasteiger partial charge is 0.259 e. The monoisotopic (exact) mass is 523 g/mol. The number of rotatable bonds is 6. The number of hydrogen-bond donors (Lipinski definition) is 0. The molecular formula is C19H14IN3O3S2. The lowest BCUT2D eigenvalue weighted by Gasteiger charge is -2.14. The summed E-state index contributed by atoms with van der Waals surface area (Å²) in [5.41, 5.74) is 2.12. The predicted octanol–water partition coefficient (Wildman–Crippen LogP) is 3.94. The van der Waals surface area contributed by atoms with Crippen LogP contribution in [0.15, 0.2) is 41.5 Å². The van der Waals surface area contributed by atoms with Crippen LogP contribution in [-0.2, 0) is 11.4 Å². The Labute approximate surface area is 185 Å². The summed E-state index contributed by atoms with van der Waals surface area (Å²) in [6, 6.07) is 13.1. The fourth-order valence-corrected chi connectivity index (χ4v) is 4.19. The van der Waals surface area contributed by atoms with Gasteiger partial charge in [-0.2, -0.15) is 15.4 Å². The summed E-state index contributed by atoms with van der Waals surface area (Å²) in [6.07, 6.45) is 1.57. The van der Waals surface area contributed by atoms with Gasteiger partial charge in [0.1, 0.15) is 6.61 Å². The number of hydrogen-bond acceptors (Lipinski definition) is 7. The fraction of sp³-hybridized carbons (Fsp3) is 0.158. The average Bonchev–Trinajstić information content (AvgIpc) is 3.02. The summed E-state index contributed by atoms with van der Waals surface area (Å²) in [4.78, 5) is 11.8. The minimum atomic E-state index is -0.135. The molecule has 0 radical (unpaired) electrons. The number of thioether (sulfide) groups is 1. The van der Waals surface area contributed by atoms with E-state index in [1.165, 1.54) is 16.8 Å². The number of carbonyl (C=O) groups is 1. The van der Waals surface area contributed by atoms with Gasteiger partial charge in [0.05, 0.1) is 34.3 Å². The Hall–Kier alpha value is -2.16. The van der Waals surface area contributed by atoms with Gasteiger partial charge in [-0.05, 0) is 46.4 Å². The molecule has 1 aliphatic heterocycles. The Morgan fingerprint density at radius 2 is 2.21 bits per heavy atom. The van der Waals surface area contributed by atoms with E-state index in [0.717, 1.165) is 14.7 Å². The lowest BCUT2D eigenvalue weighted by molar-refractivity contribution is -0.123. The van der Waals surface area contributed by atoms with Crippen molar-refractivity contribution in [2.45, 2.75) is 6.61 Å². The van der Waals surface area contributed by atoms with E-state index in [2.05, 4.69) is 33.8 Å². The van der Waals surface area contributed by atoms with Crippen molar-refractivity contribution in [1.82, 2.24) is 5.01 Å². The minimum absolute atomic E-state index is 0.135. The molecule has 0 saturated carbocycles. The van der Waals surface area contributed by atoms with Gasteiger partial charge in [0.15, 0.2) is 15.8 Å². The molecule has 9 heteroatoms. The molecule has 1 amide bonds. The zero-order valence-corrected chi connectivity index (χ0v) is 18.5. The molecule has 0 N–H and O–H groups in total. The van der Waals surface area contributed by atoms with Crippen molar-refractivity contribution in [2.24, 2.45) is 5.10 Å². The number of nitrogens with zero attached hydrogens (tertiary/aromatic N) is 3. The predicted molar refractivity (Wildman–Crippen MR) is 121 cm³/mol. The average molecular weight is 523 g/mol. The summed E-state index contributed by atoms with van der Waals surface area (Å²) in [5.74, 6) is 1.29. The van der Waals surface area contributed by atoms with E-state index in [1.807, 2.05) is 24.3 Å². The largest absolute Gasteiger partial charge is 0.493 e. The molecule has 0 aliphatic carbocycles. The zero-order chi connectivity index (χ0) is 20.1. The van der Waals surface area contributed by atoms with Gasteiger partial charge < -0.3 is 9.47 Å². The molecule has 0 spiro atoms. The summed E-state index contributed by atoms with van der Waals surface area (Å²) >= 11 is 8.56. The molecule has 28 heavy (non-hydrogen) atoms. The Morgan fingerprint density at radius 3 is 2.89 bits per heavy atom. The third kappa shape index (κ3) is 4.63. The molecule has 1 heterocycles. The number of thiocarbonyl (C=S) groups is 1. The highest BCUT2D eigenvalue weighted by atomic mass is 127. The first-order valence-electron chi connectivity index (χ1n) is 8.05. The van der Waals surface area contributed by atoms with Crippen LogP contribution in [0, 0.1) is 14.9 Å². The SMILES string of the molecule is COc1cc(/C=N/N2C(=O)CSC2=S)cc(I)c1OCc1ccccc1C#N. The van der Waals surface area contributed by atoms with Crippen molar-refractivity contribution in [3.8, 4) is 17.6 Å². The lowest BCUT2D eigenvalue weighted by atomic mass is 10.1. The molecular weight excluding hydrogens is 509 g/mol. The van der Waals surface area contributed by atoms with Gasteiger partial charge >= 0.3 is 0 Å². The Bertz CT molecular complexity index is 988. The highest BCUT2D eigenvalue weighted by molar-refractivity contribution is 14.1. The van der Waals surface area contributed by atoms with Crippen LogP contribution in [0.1, 0.15) is 16.7 Å². The Morgan fingerprint density at radius 1 is 1.43 bits per heavy atom. The number of hydrazone groups is 1. The van der Waals surface area contributed by atoms with E-state index >= 15 is 0 Å². The van der Waals surface area contributed by atoms with Crippen molar-refractivity contribution in [3.63, 3.8) is 0 Å². The van der Waals surface area contributed by atoms with Crippen molar-refractivity contribution < 1.29 is 14.3 Å². The van der Waals surface area contributed by atoms with Gasteiger partial charge in [0.2, 0.25) is 0 Å². The maximum absolute atomic E-state index is 11.8. The van der Waals surface area contributed by atoms with Crippen LogP contribution in [0.2, 0.25) is 0 Å². The third-order valence-electron chi connectivity index (χ3n) is 3.81. The molecule has 0 bridgehead atoms. The van der Waals surface area contributed by atoms with Gasteiger partial charge in [-0.25, -0.2) is 0 Å². The van der Waals surface area contributed by atoms with Crippen molar-refractivity contribution in [1.29, 1.82) is 5.26 Å². The zero-order valence-electron chi connectivity index (χ0n) is 14.7. The number of nitriles is 1. The molecule has 2 aromatic rings. The topological polar surface area (TPSA) is 74.9 Å². The number of ether oxygens (including phenoxy) is 2. The van der Waals surface area contributed by atoms with E-state index in [4.69, 9.17) is 21.7 Å². The summed E-state index contributed by atoms with van der Waals surface area (Å²) < 4.78 is 12.7. The highest BCUT2D eigenvalue weighted by Crippen LogP contribution is 2.34. The molecule has 0 atom stereocenters. The van der Waals surface area contributed by atoms with Crippen LogP contribution >= 0.6 is 46.6 Å². The van der Waals surface area contributed by atoms with Gasteiger partial charge in [0, 0.05) is 5.56 Å². The minimum Gasteiger partial charge on any atom is -0.493 e. The molecule has 1 fully saturated rings. The molecule has 0 unspecified atom stereocenters. The Balaban J connectivity index is 1.81. The first-order valence-corrected chi connectivity index (χ1v) is 10.5. The maximum atomic E-state index is 11.8. The summed E-state index contributed by atoms with van der Waals surface area (Å²) in [7, 11) is 1.55. The van der Waals surface area contributed by atoms with Crippen LogP contribution in [0.25, 0.3) is 0 Å². The first kappa shape index (κ1) is 20.6. The molecule has 1 aliphatic rings. The number of amides is 1. The van der Waals surface area contributed by atoms with Crippen molar-refractivity contribution in [3.05, 3.63) is 56.7 Å². The van der Waals surface area contributed by atoms with Gasteiger partial charge in [-0.15, -0.1) is 0 Å². The van der Waals surface area contributed by atoms with Gasteiger partial charge in [-0.1, -0.05) is 42.2 Å². The normalized spacial score (nSPS) is 13.8. The molecule has 2 aromatic carbocycles. The molecule has 0 aromatic heterocycles. The quantitative estimate of drug-likeness (QED) is 0.325. The molecule has 3 rings (SSSR count). The van der Waals surface area contributed by atoms with Gasteiger partial charge in [-0.3, -0.25) is 4.79 Å². The van der Waals surface area contributed by atoms with E-state index in [0.29, 0.717) is 27.1 Å². The first-order chi connectivity index (χ1) is 13.5. The molecule has 6 nitrogen and oxygen atoms in total. The second-order valence-electron chi connectivity index (χ2n) is 5.60. The van der Waals surface area contributed by atoms with Gasteiger partial charge in [0.25, 0.3) is 5.91 Å². The van der Waals surface area contributed by atoms with Crippen LogP contribution in [0.5, 0.6) is 11.5 Å². The number of halogens is 1. The van der Waals surface area contributed by atoms with E-state index < -0.39 is 0 Å². The van der Waals surface area contributed by atoms with Crippen molar-refractivity contribution in [2.75, 3.05) is 12.9 Å². The maximum Gasteiger partial charge on any atom is 0.259 e. The number of carbonyl (C=O) groups excluding carboxylic acids is 1. The van der Waals surface area contributed by atoms with E-state index in [-0.39, 0.29) is 12.5 Å². The second-order valence-corrected chi connectivity index (χ2v) is 8.37. The highest BCUT2D eigenvalue weighted by Gasteiger charge is 2.26. The summed E-state index contributed by atoms with van der Waals surface area (Å²) in [5, 5.41) is 14.6. The van der Waals surface area contributed by atoms with Crippen LogP contribution in [0.3, 0.4) is 0 Å². The molecule has 1 saturated heterocycles. The standard InChI is InChI=1S/C19H14IN3O3S2/c1-25-16-7-12(9-22-23-17(24)11-28-19(23)27)6-15(20)18(16)26-10-14-5-3-2-4-13(14)8-21/h2-7,9H,10-11H2,1H3/b22-9+. The third-order valence-corrected chi connectivity index (χ3v) is 5.95. The van der Waals surface area contributed by atoms with Crippen LogP contribution in [-0.4, -0.2) is 34.3 Å². The Kier molecular flexibility index (Phi) is 6.88. The van der Waals surface area contributed by atoms with E-state index in [1.54, 1.807) is 25.5 Å². The lowest BCUT2D eigenvalue weighted by Crippen LogP contribution is -2.22. The van der Waals surface area contributed by atoms with Crippen LogP contribution in [0.4, 0.5) is 0 Å². The second kappa shape index (κ2) is 9.36. The van der Waals surface area contributed by atoms with E-state index in [9.17, 15) is 10.1 Å². The number of methoxy groups -OCH3 is 1. The van der Waals surface area contributed by atoms with Crippen molar-refractivity contribution >= 4 is 63.0 Å². The summed E-state index contributed by atoms with van der Waals surface area (Å²) in [6.45, 7) is 0.247. The fourth-order valence-electron chi connectivity index (χ4n) is 2.44. The van der Waals surface area contributed by atoms with Crippen LogP contribution < -0.4 is 9.47 Å². The number of benzene rings is 2.